The molecule has 0 aliphatic heterocycles. The van der Waals surface area contributed by atoms with E-state index >= 15 is 0 Å². The Kier molecular flexibility index (Phi) is 7.67. The molecule has 4 aromatic rings. The summed E-state index contributed by atoms with van der Waals surface area (Å²) in [6, 6.07) is 21.5. The van der Waals surface area contributed by atoms with Gasteiger partial charge in [0.05, 0.1) is 41.6 Å². The maximum absolute atomic E-state index is 13.3. The molecular formula is C26H26N2O5S2. The summed E-state index contributed by atoms with van der Waals surface area (Å²) in [5.41, 5.74) is 1.74. The summed E-state index contributed by atoms with van der Waals surface area (Å²) in [6.07, 6.45) is 0.290. The fourth-order valence-corrected chi connectivity index (χ4v) is 5.93. The first-order valence-corrected chi connectivity index (χ1v) is 13.5. The molecule has 0 spiro atoms. The first-order valence-electron chi connectivity index (χ1n) is 11.1. The fraction of sp³-hybridized carbons (Fsp3) is 0.231. The van der Waals surface area contributed by atoms with Crippen LogP contribution in [0.25, 0.3) is 10.2 Å². The molecule has 9 heteroatoms. The summed E-state index contributed by atoms with van der Waals surface area (Å²) in [6.45, 7) is 0.349. The topological polar surface area (TPSA) is 85.8 Å². The van der Waals surface area contributed by atoms with Gasteiger partial charge in [-0.25, -0.2) is 13.4 Å². The molecule has 3 aromatic carbocycles. The molecule has 0 saturated carbocycles. The Morgan fingerprint density at radius 1 is 0.943 bits per heavy atom. The number of amides is 1. The predicted molar refractivity (Wildman–Crippen MR) is 138 cm³/mol. The second-order valence-electron chi connectivity index (χ2n) is 7.89. The lowest BCUT2D eigenvalue weighted by Gasteiger charge is -2.20. The number of methoxy groups -OCH3 is 2. The molecule has 1 aromatic heterocycles. The predicted octanol–water partition coefficient (Wildman–Crippen LogP) is 5.10. The van der Waals surface area contributed by atoms with E-state index in [0.29, 0.717) is 17.4 Å². The normalized spacial score (nSPS) is 11.4. The SMILES string of the molecule is COc1ccc(S(=O)(=O)CCCC(=O)N(Cc2ccccc2)c2nc3ccc(OC)cc3s2)cc1. The standard InChI is InChI=1S/C26H26N2O5S2/c1-32-20-10-13-22(14-11-20)35(30,31)16-6-9-25(29)28(18-19-7-4-3-5-8-19)26-27-23-15-12-21(33-2)17-24(23)34-26/h3-5,7-8,10-15,17H,6,9,16,18H2,1-2H3. The Hall–Kier alpha value is -3.43. The van der Waals surface area contributed by atoms with Crippen molar-refractivity contribution in [2.75, 3.05) is 24.9 Å². The third kappa shape index (κ3) is 5.98. The smallest absolute Gasteiger partial charge is 0.229 e. The number of ether oxygens (including phenoxy) is 2. The van der Waals surface area contributed by atoms with Gasteiger partial charge in [-0.2, -0.15) is 0 Å². The zero-order valence-electron chi connectivity index (χ0n) is 19.5. The highest BCUT2D eigenvalue weighted by Crippen LogP contribution is 2.32. The van der Waals surface area contributed by atoms with Gasteiger partial charge in [-0.3, -0.25) is 9.69 Å². The summed E-state index contributed by atoms with van der Waals surface area (Å²) in [5, 5.41) is 0.570. The van der Waals surface area contributed by atoms with Crippen molar-refractivity contribution in [1.29, 1.82) is 0 Å². The maximum atomic E-state index is 13.3. The molecule has 1 heterocycles. The van der Waals surface area contributed by atoms with E-state index < -0.39 is 9.84 Å². The van der Waals surface area contributed by atoms with Crippen molar-refractivity contribution in [3.63, 3.8) is 0 Å². The number of carbonyl (C=O) groups excluding carboxylic acids is 1. The van der Waals surface area contributed by atoms with Crippen molar-refractivity contribution in [3.8, 4) is 11.5 Å². The van der Waals surface area contributed by atoms with E-state index in [1.54, 1.807) is 24.1 Å². The third-order valence-electron chi connectivity index (χ3n) is 5.52. The third-order valence-corrected chi connectivity index (χ3v) is 8.38. The molecule has 0 atom stereocenters. The molecule has 0 N–H and O–H groups in total. The second-order valence-corrected chi connectivity index (χ2v) is 11.0. The van der Waals surface area contributed by atoms with Gasteiger partial charge in [0.2, 0.25) is 5.91 Å². The number of aromatic nitrogens is 1. The van der Waals surface area contributed by atoms with E-state index in [1.807, 2.05) is 48.5 Å². The molecular weight excluding hydrogens is 484 g/mol. The Morgan fingerprint density at radius 3 is 2.31 bits per heavy atom. The number of anilines is 1. The molecule has 35 heavy (non-hydrogen) atoms. The lowest BCUT2D eigenvalue weighted by atomic mass is 10.2. The number of hydrogen-bond donors (Lipinski definition) is 0. The highest BCUT2D eigenvalue weighted by Gasteiger charge is 2.22. The van der Waals surface area contributed by atoms with Gasteiger partial charge >= 0.3 is 0 Å². The lowest BCUT2D eigenvalue weighted by molar-refractivity contribution is -0.118. The summed E-state index contributed by atoms with van der Waals surface area (Å²) >= 11 is 1.41. The Balaban J connectivity index is 1.51. The maximum Gasteiger partial charge on any atom is 0.229 e. The number of thiazole rings is 1. The van der Waals surface area contributed by atoms with Crippen LogP contribution >= 0.6 is 11.3 Å². The molecule has 0 radical (unpaired) electrons. The zero-order chi connectivity index (χ0) is 24.8. The van der Waals surface area contributed by atoms with Crippen LogP contribution < -0.4 is 14.4 Å². The molecule has 0 aliphatic carbocycles. The Morgan fingerprint density at radius 2 is 1.63 bits per heavy atom. The Labute approximate surface area is 208 Å². The quantitative estimate of drug-likeness (QED) is 0.295. The largest absolute Gasteiger partial charge is 0.497 e. The molecule has 0 saturated heterocycles. The van der Waals surface area contributed by atoms with Crippen LogP contribution in [0.3, 0.4) is 0 Å². The summed E-state index contributed by atoms with van der Waals surface area (Å²) < 4.78 is 36.8. The van der Waals surface area contributed by atoms with Crippen LogP contribution in [0.2, 0.25) is 0 Å². The number of fused-ring (bicyclic) bond motifs is 1. The van der Waals surface area contributed by atoms with E-state index in [1.165, 1.54) is 30.6 Å². The van der Waals surface area contributed by atoms with E-state index in [0.717, 1.165) is 21.5 Å². The van der Waals surface area contributed by atoms with Crippen LogP contribution in [0.4, 0.5) is 5.13 Å². The van der Waals surface area contributed by atoms with Crippen LogP contribution in [-0.4, -0.2) is 39.3 Å². The summed E-state index contributed by atoms with van der Waals surface area (Å²) in [5.74, 6) is 1.01. The van der Waals surface area contributed by atoms with Gasteiger partial charge in [-0.05, 0) is 54.4 Å². The van der Waals surface area contributed by atoms with Gasteiger partial charge < -0.3 is 9.47 Å². The molecule has 4 rings (SSSR count). The van der Waals surface area contributed by atoms with Gasteiger partial charge in [-0.1, -0.05) is 41.7 Å². The molecule has 0 bridgehead atoms. The molecule has 1 amide bonds. The van der Waals surface area contributed by atoms with Crippen LogP contribution in [0.5, 0.6) is 11.5 Å². The molecule has 0 aliphatic rings. The second kappa shape index (κ2) is 10.9. The van der Waals surface area contributed by atoms with Crippen molar-refractivity contribution >= 4 is 42.4 Å². The van der Waals surface area contributed by atoms with Crippen molar-refractivity contribution in [2.45, 2.75) is 24.3 Å². The number of carbonyl (C=O) groups is 1. The number of rotatable bonds is 10. The molecule has 0 unspecified atom stereocenters. The minimum atomic E-state index is -3.51. The first kappa shape index (κ1) is 24.7. The van der Waals surface area contributed by atoms with Crippen molar-refractivity contribution in [2.24, 2.45) is 0 Å². The van der Waals surface area contributed by atoms with E-state index in [-0.39, 0.29) is 29.4 Å². The minimum absolute atomic E-state index is 0.0848. The number of hydrogen-bond acceptors (Lipinski definition) is 7. The zero-order valence-corrected chi connectivity index (χ0v) is 21.1. The minimum Gasteiger partial charge on any atom is -0.497 e. The van der Waals surface area contributed by atoms with Crippen molar-refractivity contribution in [1.82, 2.24) is 4.98 Å². The van der Waals surface area contributed by atoms with Gasteiger partial charge in [0.15, 0.2) is 15.0 Å². The summed E-state index contributed by atoms with van der Waals surface area (Å²) in [7, 11) is -0.380. The number of sulfone groups is 1. The van der Waals surface area contributed by atoms with E-state index in [4.69, 9.17) is 9.47 Å². The van der Waals surface area contributed by atoms with Gasteiger partial charge in [-0.15, -0.1) is 0 Å². The average Bonchev–Trinajstić information content (AvgIpc) is 3.30. The molecule has 0 fully saturated rings. The average molecular weight is 511 g/mol. The van der Waals surface area contributed by atoms with Crippen LogP contribution in [0.1, 0.15) is 18.4 Å². The fourth-order valence-electron chi connectivity index (χ4n) is 3.61. The number of nitrogens with zero attached hydrogens (tertiary/aromatic N) is 2. The van der Waals surface area contributed by atoms with Gasteiger partial charge in [0.1, 0.15) is 11.5 Å². The highest BCUT2D eigenvalue weighted by atomic mass is 32.2. The molecule has 182 valence electrons. The van der Waals surface area contributed by atoms with Crippen molar-refractivity contribution in [3.05, 3.63) is 78.4 Å². The lowest BCUT2D eigenvalue weighted by Crippen LogP contribution is -2.30. The van der Waals surface area contributed by atoms with E-state index in [2.05, 4.69) is 4.98 Å². The van der Waals surface area contributed by atoms with Gasteiger partial charge in [0, 0.05) is 6.42 Å². The number of benzene rings is 3. The Bertz CT molecular complexity index is 1400. The monoisotopic (exact) mass is 510 g/mol. The van der Waals surface area contributed by atoms with Crippen LogP contribution in [-0.2, 0) is 21.2 Å². The van der Waals surface area contributed by atoms with E-state index in [9.17, 15) is 13.2 Å². The van der Waals surface area contributed by atoms with Crippen LogP contribution in [0.15, 0.2) is 77.7 Å². The van der Waals surface area contributed by atoms with Crippen molar-refractivity contribution < 1.29 is 22.7 Å². The highest BCUT2D eigenvalue weighted by molar-refractivity contribution is 7.91. The first-order chi connectivity index (χ1) is 16.9. The van der Waals surface area contributed by atoms with Gasteiger partial charge in [0.25, 0.3) is 0 Å². The molecule has 7 nitrogen and oxygen atoms in total. The van der Waals surface area contributed by atoms with Crippen LogP contribution in [0, 0.1) is 0 Å². The summed E-state index contributed by atoms with van der Waals surface area (Å²) in [4.78, 5) is 19.8.